The number of hydrogen-bond donors (Lipinski definition) is 3. The highest BCUT2D eigenvalue weighted by atomic mass is 19.4. The molecular weight excluding hydrogens is 247 g/mol. The molecule has 18 heavy (non-hydrogen) atoms. The summed E-state index contributed by atoms with van der Waals surface area (Å²) in [6.07, 6.45) is -5.20. The van der Waals surface area contributed by atoms with E-state index in [0.717, 1.165) is 12.1 Å². The van der Waals surface area contributed by atoms with Crippen LogP contribution in [0.5, 0.6) is 0 Å². The maximum absolute atomic E-state index is 12.3. The summed E-state index contributed by atoms with van der Waals surface area (Å²) in [5, 5.41) is 20.7. The standard InChI is InChI=1S/C12H16F3NO2/c1-8(16-6-11(18)7-17)9-2-4-10(5-3-9)12(13,14)15/h2-5,8,11,16-18H,6-7H2,1H3. The highest BCUT2D eigenvalue weighted by molar-refractivity contribution is 5.26. The first-order valence-electron chi connectivity index (χ1n) is 5.54. The summed E-state index contributed by atoms with van der Waals surface area (Å²) in [7, 11) is 0. The van der Waals surface area contributed by atoms with E-state index in [1.54, 1.807) is 6.92 Å². The molecule has 6 heteroatoms. The van der Waals surface area contributed by atoms with Crippen LogP contribution in [-0.4, -0.2) is 29.5 Å². The number of benzene rings is 1. The Balaban J connectivity index is 2.62. The Kier molecular flexibility index (Phi) is 5.13. The Bertz CT molecular complexity index is 365. The van der Waals surface area contributed by atoms with E-state index in [-0.39, 0.29) is 19.2 Å². The summed E-state index contributed by atoms with van der Waals surface area (Å²) in [6, 6.07) is 4.64. The van der Waals surface area contributed by atoms with Crippen molar-refractivity contribution in [3.05, 3.63) is 35.4 Å². The van der Waals surface area contributed by atoms with Crippen molar-refractivity contribution in [1.29, 1.82) is 0 Å². The van der Waals surface area contributed by atoms with Crippen LogP contribution in [0.1, 0.15) is 24.1 Å². The van der Waals surface area contributed by atoms with Crippen molar-refractivity contribution in [1.82, 2.24) is 5.32 Å². The first-order valence-corrected chi connectivity index (χ1v) is 5.54. The quantitative estimate of drug-likeness (QED) is 0.758. The van der Waals surface area contributed by atoms with Gasteiger partial charge in [-0.1, -0.05) is 12.1 Å². The predicted octanol–water partition coefficient (Wildman–Crippen LogP) is 1.71. The summed E-state index contributed by atoms with van der Waals surface area (Å²) in [5.74, 6) is 0. The monoisotopic (exact) mass is 263 g/mol. The van der Waals surface area contributed by atoms with Crippen molar-refractivity contribution < 1.29 is 23.4 Å². The molecule has 0 aromatic heterocycles. The first kappa shape index (κ1) is 14.9. The van der Waals surface area contributed by atoms with Crippen molar-refractivity contribution in [2.24, 2.45) is 0 Å². The zero-order valence-corrected chi connectivity index (χ0v) is 9.91. The van der Waals surface area contributed by atoms with E-state index in [2.05, 4.69) is 5.32 Å². The third-order valence-corrected chi connectivity index (χ3v) is 2.61. The van der Waals surface area contributed by atoms with Crippen molar-refractivity contribution in [2.45, 2.75) is 25.2 Å². The molecule has 2 unspecified atom stereocenters. The van der Waals surface area contributed by atoms with Crippen LogP contribution in [0.3, 0.4) is 0 Å². The van der Waals surface area contributed by atoms with Gasteiger partial charge in [-0.05, 0) is 24.6 Å². The Morgan fingerprint density at radius 1 is 1.22 bits per heavy atom. The Hall–Kier alpha value is -1.11. The molecular formula is C12H16F3NO2. The molecule has 1 aromatic carbocycles. The Labute approximate surface area is 103 Å². The lowest BCUT2D eigenvalue weighted by molar-refractivity contribution is -0.137. The van der Waals surface area contributed by atoms with E-state index in [9.17, 15) is 13.2 Å². The van der Waals surface area contributed by atoms with Crippen LogP contribution >= 0.6 is 0 Å². The fourth-order valence-electron chi connectivity index (χ4n) is 1.46. The van der Waals surface area contributed by atoms with Gasteiger partial charge in [0.2, 0.25) is 0 Å². The van der Waals surface area contributed by atoms with Crippen LogP contribution in [-0.2, 0) is 6.18 Å². The zero-order chi connectivity index (χ0) is 13.8. The average molecular weight is 263 g/mol. The Morgan fingerprint density at radius 3 is 2.22 bits per heavy atom. The Morgan fingerprint density at radius 2 is 1.78 bits per heavy atom. The number of hydrogen-bond acceptors (Lipinski definition) is 3. The SMILES string of the molecule is CC(NCC(O)CO)c1ccc(C(F)(F)F)cc1. The lowest BCUT2D eigenvalue weighted by Crippen LogP contribution is -2.31. The maximum atomic E-state index is 12.3. The molecule has 0 saturated heterocycles. The molecule has 102 valence electrons. The van der Waals surface area contributed by atoms with Crippen LogP contribution in [0, 0.1) is 0 Å². The average Bonchev–Trinajstić information content (AvgIpc) is 2.34. The molecule has 0 aliphatic rings. The lowest BCUT2D eigenvalue weighted by Gasteiger charge is -2.17. The predicted molar refractivity (Wildman–Crippen MR) is 61.0 cm³/mol. The maximum Gasteiger partial charge on any atom is 0.416 e. The van der Waals surface area contributed by atoms with E-state index in [1.807, 2.05) is 0 Å². The molecule has 2 atom stereocenters. The van der Waals surface area contributed by atoms with Crippen LogP contribution in [0.2, 0.25) is 0 Å². The third kappa shape index (κ3) is 4.29. The van der Waals surface area contributed by atoms with Gasteiger partial charge in [-0.25, -0.2) is 0 Å². The topological polar surface area (TPSA) is 52.5 Å². The summed E-state index contributed by atoms with van der Waals surface area (Å²) in [6.45, 7) is 1.60. The summed E-state index contributed by atoms with van der Waals surface area (Å²) in [4.78, 5) is 0. The number of aliphatic hydroxyl groups is 2. The van der Waals surface area contributed by atoms with Gasteiger partial charge >= 0.3 is 6.18 Å². The lowest BCUT2D eigenvalue weighted by atomic mass is 10.1. The van der Waals surface area contributed by atoms with Gasteiger partial charge in [-0.2, -0.15) is 13.2 Å². The fourth-order valence-corrected chi connectivity index (χ4v) is 1.46. The highest BCUT2D eigenvalue weighted by Crippen LogP contribution is 2.29. The van der Waals surface area contributed by atoms with Gasteiger partial charge in [0.15, 0.2) is 0 Å². The van der Waals surface area contributed by atoms with E-state index >= 15 is 0 Å². The van der Waals surface area contributed by atoms with E-state index < -0.39 is 17.8 Å². The molecule has 3 nitrogen and oxygen atoms in total. The second-order valence-corrected chi connectivity index (χ2v) is 4.09. The minimum absolute atomic E-state index is 0.179. The first-order chi connectivity index (χ1) is 8.34. The van der Waals surface area contributed by atoms with Gasteiger partial charge in [0, 0.05) is 12.6 Å². The van der Waals surface area contributed by atoms with Crippen LogP contribution in [0.25, 0.3) is 0 Å². The largest absolute Gasteiger partial charge is 0.416 e. The molecule has 0 aliphatic carbocycles. The van der Waals surface area contributed by atoms with Crippen LogP contribution in [0.4, 0.5) is 13.2 Å². The fraction of sp³-hybridized carbons (Fsp3) is 0.500. The van der Waals surface area contributed by atoms with Crippen LogP contribution < -0.4 is 5.32 Å². The summed E-state index contributed by atoms with van der Waals surface area (Å²) >= 11 is 0. The zero-order valence-electron chi connectivity index (χ0n) is 9.91. The second-order valence-electron chi connectivity index (χ2n) is 4.09. The normalized spacial score (nSPS) is 15.4. The number of alkyl halides is 3. The van der Waals surface area contributed by atoms with Gasteiger partial charge in [0.25, 0.3) is 0 Å². The molecule has 0 heterocycles. The minimum atomic E-state index is -4.33. The van der Waals surface area contributed by atoms with Gasteiger partial charge in [0.05, 0.1) is 18.3 Å². The molecule has 0 saturated carbocycles. The van der Waals surface area contributed by atoms with Gasteiger partial charge in [-0.15, -0.1) is 0 Å². The van der Waals surface area contributed by atoms with Crippen molar-refractivity contribution in [2.75, 3.05) is 13.2 Å². The molecule has 0 spiro atoms. The van der Waals surface area contributed by atoms with Gasteiger partial charge in [-0.3, -0.25) is 0 Å². The third-order valence-electron chi connectivity index (χ3n) is 2.61. The number of nitrogens with one attached hydrogen (secondary N) is 1. The molecule has 1 rings (SSSR count). The summed E-state index contributed by atoms with van der Waals surface area (Å²) in [5.41, 5.74) is 0.00184. The number of rotatable bonds is 5. The van der Waals surface area contributed by atoms with E-state index in [0.29, 0.717) is 5.56 Å². The number of halogens is 3. The summed E-state index contributed by atoms with van der Waals surface area (Å²) < 4.78 is 37.0. The molecule has 1 aromatic rings. The van der Waals surface area contributed by atoms with Crippen LogP contribution in [0.15, 0.2) is 24.3 Å². The molecule has 0 radical (unpaired) electrons. The minimum Gasteiger partial charge on any atom is -0.394 e. The highest BCUT2D eigenvalue weighted by Gasteiger charge is 2.30. The van der Waals surface area contributed by atoms with Gasteiger partial charge < -0.3 is 15.5 Å². The van der Waals surface area contributed by atoms with Crippen molar-refractivity contribution in [3.8, 4) is 0 Å². The van der Waals surface area contributed by atoms with E-state index in [4.69, 9.17) is 10.2 Å². The molecule has 0 amide bonds. The smallest absolute Gasteiger partial charge is 0.394 e. The van der Waals surface area contributed by atoms with Crippen molar-refractivity contribution >= 4 is 0 Å². The number of aliphatic hydroxyl groups excluding tert-OH is 2. The molecule has 0 fully saturated rings. The second kappa shape index (κ2) is 6.17. The van der Waals surface area contributed by atoms with E-state index in [1.165, 1.54) is 12.1 Å². The molecule has 3 N–H and O–H groups in total. The molecule has 0 bridgehead atoms. The van der Waals surface area contributed by atoms with Gasteiger partial charge in [0.1, 0.15) is 0 Å². The van der Waals surface area contributed by atoms with Crippen molar-refractivity contribution in [3.63, 3.8) is 0 Å². The molecule has 0 aliphatic heterocycles.